The molecular weight excluding hydrogens is 659 g/mol. The van der Waals surface area contributed by atoms with Gasteiger partial charge in [-0.15, -0.1) is 0 Å². The molecule has 0 aliphatic heterocycles. The SMILES string of the molecule is [C-]#[N+]c1ccc(-c2ccc(-c3cc4c5cccnc5c(-c5cccc(-c6nc(-c7ccccc7)c7ccccc7n6)c5)cc4c4cccnc34)cc2)cc1. The molecule has 7 aromatic carbocycles. The number of nitrogens with zero attached hydrogens (tertiary/aromatic N) is 5. The van der Waals surface area contributed by atoms with E-state index in [2.05, 4.69) is 102 Å². The van der Waals surface area contributed by atoms with E-state index in [0.717, 1.165) is 93.7 Å². The molecule has 5 heteroatoms. The lowest BCUT2D eigenvalue weighted by molar-refractivity contribution is 1.23. The van der Waals surface area contributed by atoms with Crippen molar-refractivity contribution in [2.24, 2.45) is 0 Å². The van der Waals surface area contributed by atoms with Crippen molar-refractivity contribution in [3.8, 4) is 56.0 Å². The molecule has 3 heterocycles. The fourth-order valence-corrected chi connectivity index (χ4v) is 7.56. The van der Waals surface area contributed by atoms with Gasteiger partial charge in [0.15, 0.2) is 11.5 Å². The lowest BCUT2D eigenvalue weighted by Crippen LogP contribution is -1.96. The van der Waals surface area contributed by atoms with Gasteiger partial charge in [0.25, 0.3) is 0 Å². The van der Waals surface area contributed by atoms with E-state index >= 15 is 0 Å². The number of fused-ring (bicyclic) bond motifs is 6. The largest absolute Gasteiger partial charge is 0.256 e. The third-order valence-electron chi connectivity index (χ3n) is 10.2. The summed E-state index contributed by atoms with van der Waals surface area (Å²) in [4.78, 5) is 23.6. The number of aromatic nitrogens is 4. The maximum Gasteiger partial charge on any atom is 0.187 e. The average molecular weight is 688 g/mol. The van der Waals surface area contributed by atoms with Crippen LogP contribution in [0.2, 0.25) is 0 Å². The van der Waals surface area contributed by atoms with E-state index in [1.165, 1.54) is 0 Å². The van der Waals surface area contributed by atoms with Gasteiger partial charge in [-0.3, -0.25) is 9.97 Å². The van der Waals surface area contributed by atoms with E-state index in [1.54, 1.807) is 0 Å². The van der Waals surface area contributed by atoms with Gasteiger partial charge in [-0.25, -0.2) is 14.8 Å². The Bertz CT molecular complexity index is 3090. The van der Waals surface area contributed by atoms with Crippen LogP contribution in [-0.2, 0) is 0 Å². The maximum absolute atomic E-state index is 7.28. The highest BCUT2D eigenvalue weighted by atomic mass is 14.9. The van der Waals surface area contributed by atoms with E-state index in [-0.39, 0.29) is 0 Å². The summed E-state index contributed by atoms with van der Waals surface area (Å²) in [5, 5.41) is 5.42. The molecule has 54 heavy (non-hydrogen) atoms. The zero-order chi connectivity index (χ0) is 36.0. The molecule has 0 spiro atoms. The van der Waals surface area contributed by atoms with Crippen LogP contribution in [0.25, 0.3) is 104 Å². The summed E-state index contributed by atoms with van der Waals surface area (Å²) in [6.45, 7) is 7.28. The molecule has 0 saturated heterocycles. The summed E-state index contributed by atoms with van der Waals surface area (Å²) in [6.07, 6.45) is 3.73. The van der Waals surface area contributed by atoms with E-state index < -0.39 is 0 Å². The van der Waals surface area contributed by atoms with Crippen LogP contribution in [0.4, 0.5) is 5.69 Å². The zero-order valence-corrected chi connectivity index (χ0v) is 29.0. The molecule has 0 atom stereocenters. The highest BCUT2D eigenvalue weighted by molar-refractivity contribution is 6.22. The summed E-state index contributed by atoms with van der Waals surface area (Å²) < 4.78 is 0. The number of para-hydroxylation sites is 1. The number of hydrogen-bond acceptors (Lipinski definition) is 4. The van der Waals surface area contributed by atoms with Gasteiger partial charge < -0.3 is 0 Å². The minimum absolute atomic E-state index is 0.637. The first-order valence-electron chi connectivity index (χ1n) is 17.8. The molecule has 0 amide bonds. The molecule has 0 unspecified atom stereocenters. The summed E-state index contributed by atoms with van der Waals surface area (Å²) >= 11 is 0. The predicted molar refractivity (Wildman–Crippen MR) is 221 cm³/mol. The lowest BCUT2D eigenvalue weighted by atomic mass is 9.90. The van der Waals surface area contributed by atoms with Crippen LogP contribution in [0.3, 0.4) is 0 Å². The molecule has 0 bridgehead atoms. The monoisotopic (exact) mass is 687 g/mol. The Kier molecular flexibility index (Phi) is 7.45. The van der Waals surface area contributed by atoms with Crippen molar-refractivity contribution in [3.63, 3.8) is 0 Å². The number of rotatable bonds is 5. The molecule has 0 aliphatic carbocycles. The van der Waals surface area contributed by atoms with Gasteiger partial charge in [-0.2, -0.15) is 0 Å². The Labute approximate surface area is 311 Å². The standard InChI is InChI=1S/C49H29N5/c1-50-37-24-22-32(23-25-37)31-18-20-33(21-19-31)41-29-43-39-16-9-27-52-48(39)42(30-44(43)38-15-8-26-51-47(38)41)35-12-7-13-36(28-35)49-53-45-17-6-5-14-40(45)46(54-49)34-10-3-2-4-11-34/h2-30H. The van der Waals surface area contributed by atoms with Gasteiger partial charge in [0.1, 0.15) is 0 Å². The molecule has 0 saturated carbocycles. The molecule has 5 nitrogen and oxygen atoms in total. The molecule has 0 radical (unpaired) electrons. The number of pyridine rings is 2. The Morgan fingerprint density at radius 1 is 0.389 bits per heavy atom. The van der Waals surface area contributed by atoms with Gasteiger partial charge in [-0.05, 0) is 69.4 Å². The average Bonchev–Trinajstić information content (AvgIpc) is 3.26. The molecule has 0 fully saturated rings. The summed E-state index contributed by atoms with van der Waals surface area (Å²) in [5.41, 5.74) is 12.7. The third-order valence-corrected chi connectivity index (χ3v) is 10.2. The quantitative estimate of drug-likeness (QED) is 0.133. The highest BCUT2D eigenvalue weighted by Crippen LogP contribution is 2.41. The van der Waals surface area contributed by atoms with Crippen LogP contribution in [0, 0.1) is 6.57 Å². The summed E-state index contributed by atoms with van der Waals surface area (Å²) in [6, 6.07) is 56.2. The number of hydrogen-bond donors (Lipinski definition) is 0. The molecule has 0 N–H and O–H groups in total. The zero-order valence-electron chi connectivity index (χ0n) is 29.0. The normalized spacial score (nSPS) is 11.3. The van der Waals surface area contributed by atoms with Crippen molar-refractivity contribution in [1.82, 2.24) is 19.9 Å². The van der Waals surface area contributed by atoms with Crippen molar-refractivity contribution >= 4 is 49.2 Å². The van der Waals surface area contributed by atoms with Crippen LogP contribution in [0.1, 0.15) is 0 Å². The molecular formula is C49H29N5. The third kappa shape index (κ3) is 5.33. The first kappa shape index (κ1) is 31.2. The van der Waals surface area contributed by atoms with Crippen LogP contribution >= 0.6 is 0 Å². The Morgan fingerprint density at radius 3 is 1.63 bits per heavy atom. The van der Waals surface area contributed by atoms with Crippen molar-refractivity contribution in [1.29, 1.82) is 0 Å². The predicted octanol–water partition coefficient (Wildman–Crippen LogP) is 12.8. The first-order valence-corrected chi connectivity index (χ1v) is 17.8. The van der Waals surface area contributed by atoms with Gasteiger partial charge in [0.05, 0.1) is 28.8 Å². The van der Waals surface area contributed by atoms with Crippen LogP contribution < -0.4 is 0 Å². The Hall–Kier alpha value is -7.55. The Balaban J connectivity index is 1.13. The topological polar surface area (TPSA) is 55.9 Å². The minimum atomic E-state index is 0.637. The number of benzene rings is 7. The van der Waals surface area contributed by atoms with Gasteiger partial charge in [0.2, 0.25) is 0 Å². The van der Waals surface area contributed by atoms with Crippen molar-refractivity contribution in [2.45, 2.75) is 0 Å². The lowest BCUT2D eigenvalue weighted by Gasteiger charge is -2.15. The second kappa shape index (κ2) is 12.9. The summed E-state index contributed by atoms with van der Waals surface area (Å²) in [5.74, 6) is 0.679. The van der Waals surface area contributed by atoms with Gasteiger partial charge in [0, 0.05) is 50.8 Å². The van der Waals surface area contributed by atoms with Gasteiger partial charge in [-0.1, -0.05) is 127 Å². The highest BCUT2D eigenvalue weighted by Gasteiger charge is 2.17. The van der Waals surface area contributed by atoms with Crippen molar-refractivity contribution in [3.05, 3.63) is 188 Å². The molecule has 10 rings (SSSR count). The smallest absolute Gasteiger partial charge is 0.187 e. The van der Waals surface area contributed by atoms with Crippen LogP contribution in [0.5, 0.6) is 0 Å². The maximum atomic E-state index is 7.28. The molecule has 250 valence electrons. The van der Waals surface area contributed by atoms with E-state index in [0.29, 0.717) is 11.5 Å². The van der Waals surface area contributed by atoms with E-state index in [4.69, 9.17) is 26.5 Å². The van der Waals surface area contributed by atoms with Crippen LogP contribution in [0.15, 0.2) is 176 Å². The van der Waals surface area contributed by atoms with Crippen molar-refractivity contribution < 1.29 is 0 Å². The van der Waals surface area contributed by atoms with Crippen LogP contribution in [-0.4, -0.2) is 19.9 Å². The summed E-state index contributed by atoms with van der Waals surface area (Å²) in [7, 11) is 0. The fourth-order valence-electron chi connectivity index (χ4n) is 7.56. The van der Waals surface area contributed by atoms with Crippen molar-refractivity contribution in [2.75, 3.05) is 0 Å². The van der Waals surface area contributed by atoms with E-state index in [9.17, 15) is 0 Å². The fraction of sp³-hybridized carbons (Fsp3) is 0. The Morgan fingerprint density at radius 2 is 0.944 bits per heavy atom. The van der Waals surface area contributed by atoms with E-state index in [1.807, 2.05) is 79.1 Å². The minimum Gasteiger partial charge on any atom is -0.256 e. The molecule has 3 aromatic heterocycles. The molecule has 10 aromatic rings. The first-order chi connectivity index (χ1) is 26.7. The second-order valence-corrected chi connectivity index (χ2v) is 13.3. The molecule has 0 aliphatic rings. The second-order valence-electron chi connectivity index (χ2n) is 13.3. The van der Waals surface area contributed by atoms with Gasteiger partial charge >= 0.3 is 0 Å².